The summed E-state index contributed by atoms with van der Waals surface area (Å²) in [7, 11) is -3.70. The Kier molecular flexibility index (Phi) is 4.65. The van der Waals surface area contributed by atoms with Crippen LogP contribution in [0.1, 0.15) is 6.92 Å². The van der Waals surface area contributed by atoms with Crippen molar-refractivity contribution in [1.29, 1.82) is 0 Å². The van der Waals surface area contributed by atoms with Gasteiger partial charge in [-0.2, -0.15) is 4.31 Å². The van der Waals surface area contributed by atoms with Gasteiger partial charge >= 0.3 is 0 Å². The zero-order chi connectivity index (χ0) is 14.2. The predicted molar refractivity (Wildman–Crippen MR) is 77.7 cm³/mol. The van der Waals surface area contributed by atoms with Crippen molar-refractivity contribution >= 4 is 44.8 Å². The van der Waals surface area contributed by atoms with Gasteiger partial charge in [-0.25, -0.2) is 8.42 Å². The summed E-state index contributed by atoms with van der Waals surface area (Å²) in [5, 5.41) is 3.58. The van der Waals surface area contributed by atoms with E-state index >= 15 is 0 Å². The Morgan fingerprint density at radius 3 is 2.37 bits per heavy atom. The molecule has 1 N–H and O–H groups in total. The fourth-order valence-electron chi connectivity index (χ4n) is 2.02. The highest BCUT2D eigenvalue weighted by atomic mass is 35.5. The van der Waals surface area contributed by atoms with E-state index in [-0.39, 0.29) is 21.0 Å². The minimum atomic E-state index is -3.70. The van der Waals surface area contributed by atoms with Crippen molar-refractivity contribution in [2.75, 3.05) is 19.6 Å². The van der Waals surface area contributed by atoms with Crippen LogP contribution >= 0.6 is 34.8 Å². The van der Waals surface area contributed by atoms with E-state index < -0.39 is 10.0 Å². The van der Waals surface area contributed by atoms with Crippen LogP contribution in [0.4, 0.5) is 0 Å². The molecule has 106 valence electrons. The zero-order valence-corrected chi connectivity index (χ0v) is 13.2. The summed E-state index contributed by atoms with van der Waals surface area (Å²) in [5.74, 6) is 0. The highest BCUT2D eigenvalue weighted by molar-refractivity contribution is 7.89. The number of nitrogens with one attached hydrogen (secondary N) is 1. The molecule has 8 heteroatoms. The summed E-state index contributed by atoms with van der Waals surface area (Å²) in [6, 6.07) is 2.86. The molecule has 0 saturated carbocycles. The first-order valence-electron chi connectivity index (χ1n) is 5.70. The molecule has 0 aromatic heterocycles. The fraction of sp³-hybridized carbons (Fsp3) is 0.455. The van der Waals surface area contributed by atoms with Crippen LogP contribution in [0.25, 0.3) is 0 Å². The summed E-state index contributed by atoms with van der Waals surface area (Å²) in [5.41, 5.74) is 0. The molecule has 1 aromatic rings. The highest BCUT2D eigenvalue weighted by Gasteiger charge is 2.32. The topological polar surface area (TPSA) is 49.4 Å². The van der Waals surface area contributed by atoms with E-state index in [2.05, 4.69) is 5.32 Å². The second kappa shape index (κ2) is 5.76. The third-order valence-electron chi connectivity index (χ3n) is 2.89. The second-order valence-electron chi connectivity index (χ2n) is 4.42. The molecule has 2 rings (SSSR count). The van der Waals surface area contributed by atoms with Gasteiger partial charge in [0.15, 0.2) is 0 Å². The van der Waals surface area contributed by atoms with E-state index in [9.17, 15) is 8.42 Å². The minimum absolute atomic E-state index is 0.0451. The van der Waals surface area contributed by atoms with E-state index in [0.29, 0.717) is 24.7 Å². The van der Waals surface area contributed by atoms with Gasteiger partial charge in [-0.1, -0.05) is 34.8 Å². The van der Waals surface area contributed by atoms with E-state index in [1.807, 2.05) is 6.92 Å². The summed E-state index contributed by atoms with van der Waals surface area (Å²) >= 11 is 17.8. The Bertz CT molecular complexity index is 569. The molecule has 0 aliphatic carbocycles. The molecule has 1 atom stereocenters. The lowest BCUT2D eigenvalue weighted by Gasteiger charge is -2.31. The monoisotopic (exact) mass is 342 g/mol. The van der Waals surface area contributed by atoms with Gasteiger partial charge in [0.1, 0.15) is 4.90 Å². The number of hydrogen-bond acceptors (Lipinski definition) is 3. The lowest BCUT2D eigenvalue weighted by Crippen LogP contribution is -2.51. The average molecular weight is 344 g/mol. The average Bonchev–Trinajstić information content (AvgIpc) is 2.26. The van der Waals surface area contributed by atoms with Crippen molar-refractivity contribution in [3.05, 3.63) is 27.2 Å². The van der Waals surface area contributed by atoms with Gasteiger partial charge in [0.05, 0.1) is 10.0 Å². The maximum Gasteiger partial charge on any atom is 0.246 e. The lowest BCUT2D eigenvalue weighted by atomic mass is 10.3. The van der Waals surface area contributed by atoms with Crippen LogP contribution in [0.15, 0.2) is 17.0 Å². The summed E-state index contributed by atoms with van der Waals surface area (Å²) in [4.78, 5) is -0.0747. The van der Waals surface area contributed by atoms with Gasteiger partial charge in [-0.3, -0.25) is 0 Å². The first-order valence-corrected chi connectivity index (χ1v) is 8.28. The molecule has 1 aromatic carbocycles. The second-order valence-corrected chi connectivity index (χ2v) is 7.54. The molecular weight excluding hydrogens is 331 g/mol. The molecule has 1 aliphatic rings. The maximum absolute atomic E-state index is 12.6. The SMILES string of the molecule is C[C@@H]1CN(S(=O)(=O)c2c(Cl)cc(Cl)cc2Cl)CCN1. The molecule has 4 nitrogen and oxygen atoms in total. The quantitative estimate of drug-likeness (QED) is 0.898. The smallest absolute Gasteiger partial charge is 0.246 e. The zero-order valence-electron chi connectivity index (χ0n) is 10.2. The normalized spacial score (nSPS) is 21.6. The summed E-state index contributed by atoms with van der Waals surface area (Å²) in [6.45, 7) is 3.30. The molecule has 1 aliphatic heterocycles. The lowest BCUT2D eigenvalue weighted by molar-refractivity contribution is 0.310. The van der Waals surface area contributed by atoms with Crippen LogP contribution < -0.4 is 5.32 Å². The molecule has 0 unspecified atom stereocenters. The Morgan fingerprint density at radius 2 is 1.84 bits per heavy atom. The number of piperazine rings is 1. The van der Waals surface area contributed by atoms with Crippen LogP contribution in [0.2, 0.25) is 15.1 Å². The molecule has 1 fully saturated rings. The Balaban J connectivity index is 2.45. The molecular formula is C11H13Cl3N2O2S. The van der Waals surface area contributed by atoms with Crippen molar-refractivity contribution in [3.8, 4) is 0 Å². The Labute approximate surface area is 127 Å². The number of rotatable bonds is 2. The molecule has 0 radical (unpaired) electrons. The van der Waals surface area contributed by atoms with Gasteiger partial charge in [0.25, 0.3) is 0 Å². The molecule has 0 spiro atoms. The fourth-order valence-corrected chi connectivity index (χ4v) is 5.04. The Morgan fingerprint density at radius 1 is 1.26 bits per heavy atom. The molecule has 0 amide bonds. The van der Waals surface area contributed by atoms with Crippen LogP contribution in [-0.4, -0.2) is 38.4 Å². The molecule has 0 bridgehead atoms. The third kappa shape index (κ3) is 3.17. The van der Waals surface area contributed by atoms with Gasteiger partial charge < -0.3 is 5.32 Å². The maximum atomic E-state index is 12.6. The first-order chi connectivity index (χ1) is 8.82. The van der Waals surface area contributed by atoms with E-state index in [1.54, 1.807) is 0 Å². The van der Waals surface area contributed by atoms with Crippen LogP contribution in [0.3, 0.4) is 0 Å². The molecule has 19 heavy (non-hydrogen) atoms. The van der Waals surface area contributed by atoms with Crippen molar-refractivity contribution in [3.63, 3.8) is 0 Å². The van der Waals surface area contributed by atoms with Gasteiger partial charge in [0.2, 0.25) is 10.0 Å². The van der Waals surface area contributed by atoms with Crippen LogP contribution in [-0.2, 0) is 10.0 Å². The van der Waals surface area contributed by atoms with Crippen molar-refractivity contribution < 1.29 is 8.42 Å². The highest BCUT2D eigenvalue weighted by Crippen LogP contribution is 2.34. The van der Waals surface area contributed by atoms with Crippen molar-refractivity contribution in [1.82, 2.24) is 9.62 Å². The Hall–Kier alpha value is -0.0400. The van der Waals surface area contributed by atoms with Crippen molar-refractivity contribution in [2.24, 2.45) is 0 Å². The van der Waals surface area contributed by atoms with Crippen molar-refractivity contribution in [2.45, 2.75) is 17.9 Å². The van der Waals surface area contributed by atoms with Gasteiger partial charge in [0, 0.05) is 30.7 Å². The first kappa shape index (κ1) is 15.4. The van der Waals surface area contributed by atoms with E-state index in [4.69, 9.17) is 34.8 Å². The molecule has 1 saturated heterocycles. The van der Waals surface area contributed by atoms with E-state index in [1.165, 1.54) is 16.4 Å². The minimum Gasteiger partial charge on any atom is -0.312 e. The largest absolute Gasteiger partial charge is 0.312 e. The number of sulfonamides is 1. The summed E-state index contributed by atoms with van der Waals surface area (Å²) in [6.07, 6.45) is 0. The number of halogens is 3. The third-order valence-corrected chi connectivity index (χ3v) is 5.90. The number of nitrogens with zero attached hydrogens (tertiary/aromatic N) is 1. The number of benzene rings is 1. The van der Waals surface area contributed by atoms with Crippen LogP contribution in [0.5, 0.6) is 0 Å². The van der Waals surface area contributed by atoms with Crippen LogP contribution in [0, 0.1) is 0 Å². The van der Waals surface area contributed by atoms with E-state index in [0.717, 1.165) is 0 Å². The predicted octanol–water partition coefficient (Wildman–Crippen LogP) is 2.63. The van der Waals surface area contributed by atoms with Gasteiger partial charge in [-0.05, 0) is 19.1 Å². The number of hydrogen-bond donors (Lipinski definition) is 1. The standard InChI is InChI=1S/C11H13Cl3N2O2S/c1-7-6-16(3-2-15-7)19(17,18)11-9(13)4-8(12)5-10(11)14/h4-5,7,15H,2-3,6H2,1H3/t7-/m1/s1. The summed E-state index contributed by atoms with van der Waals surface area (Å²) < 4.78 is 26.5. The molecule has 1 heterocycles. The van der Waals surface area contributed by atoms with Gasteiger partial charge in [-0.15, -0.1) is 0 Å².